The second-order valence-electron chi connectivity index (χ2n) is 4.99. The van der Waals surface area contributed by atoms with Gasteiger partial charge < -0.3 is 10.4 Å². The van der Waals surface area contributed by atoms with Crippen LogP contribution >= 0.6 is 0 Å². The second kappa shape index (κ2) is 6.39. The number of benzene rings is 2. The molecule has 100 valence electrons. The van der Waals surface area contributed by atoms with E-state index in [1.165, 1.54) is 11.1 Å². The van der Waals surface area contributed by atoms with E-state index in [1.54, 1.807) is 6.07 Å². The highest BCUT2D eigenvalue weighted by Gasteiger charge is 2.10. The molecule has 1 atom stereocenters. The summed E-state index contributed by atoms with van der Waals surface area (Å²) < 4.78 is 0. The highest BCUT2D eigenvalue weighted by atomic mass is 16.3. The lowest BCUT2D eigenvalue weighted by Gasteiger charge is -2.17. The molecule has 2 heteroatoms. The van der Waals surface area contributed by atoms with Gasteiger partial charge in [-0.2, -0.15) is 0 Å². The summed E-state index contributed by atoms with van der Waals surface area (Å²) in [6.07, 6.45) is 1.91. The van der Waals surface area contributed by atoms with Crippen molar-refractivity contribution in [3.63, 3.8) is 0 Å². The van der Waals surface area contributed by atoms with E-state index >= 15 is 0 Å². The van der Waals surface area contributed by atoms with Gasteiger partial charge in [0.15, 0.2) is 0 Å². The van der Waals surface area contributed by atoms with Crippen molar-refractivity contribution in [3.05, 3.63) is 65.2 Å². The quantitative estimate of drug-likeness (QED) is 0.860. The topological polar surface area (TPSA) is 32.3 Å². The fourth-order valence-electron chi connectivity index (χ4n) is 2.35. The van der Waals surface area contributed by atoms with Crippen molar-refractivity contribution in [1.82, 2.24) is 5.32 Å². The zero-order chi connectivity index (χ0) is 13.7. The maximum atomic E-state index is 9.51. The normalized spacial score (nSPS) is 12.3. The molecule has 2 aromatic carbocycles. The van der Waals surface area contributed by atoms with Crippen molar-refractivity contribution in [2.45, 2.75) is 25.8 Å². The molecular weight excluding hydrogens is 234 g/mol. The first kappa shape index (κ1) is 13.6. The molecule has 0 heterocycles. The molecule has 0 saturated carbocycles. The summed E-state index contributed by atoms with van der Waals surface area (Å²) in [7, 11) is 1.99. The molecule has 2 N–H and O–H groups in total. The second-order valence-corrected chi connectivity index (χ2v) is 4.99. The molecule has 0 aliphatic rings. The van der Waals surface area contributed by atoms with E-state index < -0.39 is 0 Å². The number of aryl methyl sites for hydroxylation is 1. The Labute approximate surface area is 115 Å². The summed E-state index contributed by atoms with van der Waals surface area (Å²) in [4.78, 5) is 0. The largest absolute Gasteiger partial charge is 0.508 e. The van der Waals surface area contributed by atoms with E-state index in [-0.39, 0.29) is 0 Å². The maximum Gasteiger partial charge on any atom is 0.115 e. The Morgan fingerprint density at radius 3 is 2.53 bits per heavy atom. The van der Waals surface area contributed by atoms with Gasteiger partial charge in [-0.15, -0.1) is 0 Å². The van der Waals surface area contributed by atoms with Gasteiger partial charge in [-0.3, -0.25) is 0 Å². The van der Waals surface area contributed by atoms with Crippen LogP contribution in [0.3, 0.4) is 0 Å². The highest BCUT2D eigenvalue weighted by Crippen LogP contribution is 2.15. The van der Waals surface area contributed by atoms with Gasteiger partial charge >= 0.3 is 0 Å². The third-order valence-corrected chi connectivity index (χ3v) is 3.53. The summed E-state index contributed by atoms with van der Waals surface area (Å²) in [6.45, 7) is 2.15. The maximum absolute atomic E-state index is 9.51. The molecule has 0 fully saturated rings. The third kappa shape index (κ3) is 3.83. The van der Waals surface area contributed by atoms with Crippen molar-refractivity contribution in [2.75, 3.05) is 7.05 Å². The Hall–Kier alpha value is -1.80. The minimum absolute atomic E-state index is 0.336. The van der Waals surface area contributed by atoms with Crippen LogP contribution in [-0.4, -0.2) is 18.2 Å². The fraction of sp³-hybridized carbons (Fsp3) is 0.294. The average Bonchev–Trinajstić information content (AvgIpc) is 2.40. The predicted octanol–water partition coefficient (Wildman–Crippen LogP) is 3.07. The molecule has 0 aliphatic heterocycles. The molecule has 2 nitrogen and oxygen atoms in total. The number of nitrogens with one attached hydrogen (secondary N) is 1. The zero-order valence-electron chi connectivity index (χ0n) is 11.6. The molecule has 0 saturated heterocycles. The fourth-order valence-corrected chi connectivity index (χ4v) is 2.35. The molecule has 0 radical (unpaired) electrons. The Morgan fingerprint density at radius 2 is 1.84 bits per heavy atom. The van der Waals surface area contributed by atoms with Crippen LogP contribution < -0.4 is 5.32 Å². The number of likely N-dealkylation sites (N-methyl/N-ethyl adjacent to an activating group) is 1. The molecule has 1 unspecified atom stereocenters. The van der Waals surface area contributed by atoms with E-state index in [1.807, 2.05) is 19.2 Å². The lowest BCUT2D eigenvalue weighted by molar-refractivity contribution is 0.473. The first-order valence-electron chi connectivity index (χ1n) is 6.68. The van der Waals surface area contributed by atoms with Crippen LogP contribution in [0.25, 0.3) is 0 Å². The SMILES string of the molecule is CNC(Cc1cccc(O)c1)Cc1ccccc1C. The molecule has 2 rings (SSSR count). The van der Waals surface area contributed by atoms with Gasteiger partial charge in [0.1, 0.15) is 5.75 Å². The van der Waals surface area contributed by atoms with Crippen LogP contribution in [0.15, 0.2) is 48.5 Å². The van der Waals surface area contributed by atoms with Gasteiger partial charge in [0.2, 0.25) is 0 Å². The van der Waals surface area contributed by atoms with E-state index in [2.05, 4.69) is 42.6 Å². The van der Waals surface area contributed by atoms with Crippen LogP contribution in [-0.2, 0) is 12.8 Å². The smallest absolute Gasteiger partial charge is 0.115 e. The Kier molecular flexibility index (Phi) is 4.58. The number of hydrogen-bond acceptors (Lipinski definition) is 2. The van der Waals surface area contributed by atoms with Crippen molar-refractivity contribution in [1.29, 1.82) is 0 Å². The Morgan fingerprint density at radius 1 is 1.05 bits per heavy atom. The van der Waals surface area contributed by atoms with E-state index in [4.69, 9.17) is 0 Å². The lowest BCUT2D eigenvalue weighted by Crippen LogP contribution is -2.30. The number of phenolic OH excluding ortho intramolecular Hbond substituents is 1. The van der Waals surface area contributed by atoms with Crippen LogP contribution in [0.1, 0.15) is 16.7 Å². The van der Waals surface area contributed by atoms with Gasteiger partial charge in [-0.25, -0.2) is 0 Å². The average molecular weight is 255 g/mol. The number of aromatic hydroxyl groups is 1. The molecular formula is C17H21NO. The highest BCUT2D eigenvalue weighted by molar-refractivity contribution is 5.29. The monoisotopic (exact) mass is 255 g/mol. The first-order chi connectivity index (χ1) is 9.19. The summed E-state index contributed by atoms with van der Waals surface area (Å²) in [5.74, 6) is 0.336. The summed E-state index contributed by atoms with van der Waals surface area (Å²) in [5.41, 5.74) is 3.87. The number of rotatable bonds is 5. The number of hydrogen-bond donors (Lipinski definition) is 2. The van der Waals surface area contributed by atoms with Crippen molar-refractivity contribution >= 4 is 0 Å². The number of phenols is 1. The lowest BCUT2D eigenvalue weighted by atomic mass is 9.96. The van der Waals surface area contributed by atoms with Crippen LogP contribution in [0.5, 0.6) is 5.75 Å². The van der Waals surface area contributed by atoms with Gasteiger partial charge in [0.05, 0.1) is 0 Å². The van der Waals surface area contributed by atoms with E-state index in [0.717, 1.165) is 18.4 Å². The minimum Gasteiger partial charge on any atom is -0.508 e. The molecule has 2 aromatic rings. The van der Waals surface area contributed by atoms with Crippen molar-refractivity contribution in [2.24, 2.45) is 0 Å². The van der Waals surface area contributed by atoms with Crippen LogP contribution in [0, 0.1) is 6.92 Å². The van der Waals surface area contributed by atoms with Gasteiger partial charge in [-0.1, -0.05) is 36.4 Å². The predicted molar refractivity (Wildman–Crippen MR) is 79.5 cm³/mol. The Bertz CT molecular complexity index is 536. The van der Waals surface area contributed by atoms with Crippen molar-refractivity contribution in [3.8, 4) is 5.75 Å². The molecule has 0 spiro atoms. The van der Waals surface area contributed by atoms with Gasteiger partial charge in [0.25, 0.3) is 0 Å². The standard InChI is InChI=1S/C17H21NO/c1-13-6-3-4-8-15(13)12-16(18-2)10-14-7-5-9-17(19)11-14/h3-9,11,16,18-19H,10,12H2,1-2H3. The summed E-state index contributed by atoms with van der Waals surface area (Å²) in [6, 6.07) is 16.4. The molecule has 0 bridgehead atoms. The van der Waals surface area contributed by atoms with Gasteiger partial charge in [-0.05, 0) is 55.6 Å². The summed E-state index contributed by atoms with van der Waals surface area (Å²) >= 11 is 0. The molecule has 0 aliphatic carbocycles. The molecule has 0 aromatic heterocycles. The first-order valence-corrected chi connectivity index (χ1v) is 6.68. The molecule has 0 amide bonds. The van der Waals surface area contributed by atoms with Crippen LogP contribution in [0.2, 0.25) is 0 Å². The van der Waals surface area contributed by atoms with Crippen molar-refractivity contribution < 1.29 is 5.11 Å². The third-order valence-electron chi connectivity index (χ3n) is 3.53. The van der Waals surface area contributed by atoms with Crippen LogP contribution in [0.4, 0.5) is 0 Å². The minimum atomic E-state index is 0.336. The Balaban J connectivity index is 2.07. The van der Waals surface area contributed by atoms with E-state index in [9.17, 15) is 5.11 Å². The van der Waals surface area contributed by atoms with Gasteiger partial charge in [0, 0.05) is 6.04 Å². The van der Waals surface area contributed by atoms with E-state index in [0.29, 0.717) is 11.8 Å². The zero-order valence-corrected chi connectivity index (χ0v) is 11.6. The summed E-state index contributed by atoms with van der Waals surface area (Å²) in [5, 5.41) is 12.9. The molecule has 19 heavy (non-hydrogen) atoms.